The van der Waals surface area contributed by atoms with E-state index in [0.717, 1.165) is 17.8 Å². The van der Waals surface area contributed by atoms with E-state index in [1.807, 2.05) is 28.9 Å². The van der Waals surface area contributed by atoms with Gasteiger partial charge in [0.25, 0.3) is 5.56 Å². The average molecular weight is 379 g/mol. The molecule has 1 aliphatic heterocycles. The first-order valence-electron chi connectivity index (χ1n) is 9.17. The predicted octanol–water partition coefficient (Wildman–Crippen LogP) is 0.675. The molecule has 0 unspecified atom stereocenters. The molecule has 1 N–H and O–H groups in total. The maximum absolute atomic E-state index is 12.7. The number of aromatic nitrogens is 4. The Bertz CT molecular complexity index is 1130. The van der Waals surface area contributed by atoms with Crippen molar-refractivity contribution in [2.45, 2.75) is 33.0 Å². The van der Waals surface area contributed by atoms with Crippen LogP contribution in [0.2, 0.25) is 0 Å². The lowest BCUT2D eigenvalue weighted by atomic mass is 10.1. The van der Waals surface area contributed by atoms with Crippen molar-refractivity contribution in [1.82, 2.24) is 24.2 Å². The number of nitrogens with zero attached hydrogens (tertiary/aromatic N) is 4. The number of hydrogen-bond acceptors (Lipinski definition) is 4. The van der Waals surface area contributed by atoms with Crippen LogP contribution in [-0.2, 0) is 30.8 Å². The number of nitrogens with one attached hydrogen (secondary N) is 1. The number of aryl methyl sites for hydroxylation is 1. The molecule has 0 radical (unpaired) electrons. The molecule has 0 bridgehead atoms. The number of H-pyrrole nitrogens is 1. The number of carbonyl (C=O) groups excluding carboxylic acids is 1. The normalized spacial score (nSPS) is 13.4. The van der Waals surface area contributed by atoms with Crippen LogP contribution in [-0.4, -0.2) is 36.7 Å². The highest BCUT2D eigenvalue weighted by atomic mass is 16.2. The molecule has 8 nitrogen and oxygen atoms in total. The lowest BCUT2D eigenvalue weighted by molar-refractivity contribution is -0.133. The predicted molar refractivity (Wildman–Crippen MR) is 103 cm³/mol. The van der Waals surface area contributed by atoms with E-state index in [2.05, 4.69) is 22.2 Å². The van der Waals surface area contributed by atoms with Gasteiger partial charge in [-0.25, -0.2) is 4.79 Å². The monoisotopic (exact) mass is 379 g/mol. The molecule has 0 saturated carbocycles. The van der Waals surface area contributed by atoms with Gasteiger partial charge in [0.05, 0.1) is 24.5 Å². The van der Waals surface area contributed by atoms with Crippen molar-refractivity contribution in [3.8, 4) is 0 Å². The van der Waals surface area contributed by atoms with Gasteiger partial charge in [-0.3, -0.25) is 23.8 Å². The van der Waals surface area contributed by atoms with Gasteiger partial charge in [0.2, 0.25) is 5.91 Å². The van der Waals surface area contributed by atoms with Crippen molar-refractivity contribution in [3.63, 3.8) is 0 Å². The summed E-state index contributed by atoms with van der Waals surface area (Å²) in [6.07, 6.45) is 2.17. The van der Waals surface area contributed by atoms with E-state index >= 15 is 0 Å². The quantitative estimate of drug-likeness (QED) is 0.721. The average Bonchev–Trinajstić information content (AvgIpc) is 3.08. The van der Waals surface area contributed by atoms with Gasteiger partial charge in [-0.2, -0.15) is 5.10 Å². The van der Waals surface area contributed by atoms with Gasteiger partial charge < -0.3 is 4.90 Å². The van der Waals surface area contributed by atoms with Crippen LogP contribution in [0.1, 0.15) is 22.5 Å². The number of fused-ring (bicyclic) bond motifs is 1. The fourth-order valence-corrected chi connectivity index (χ4v) is 3.41. The summed E-state index contributed by atoms with van der Waals surface area (Å²) < 4.78 is 3.18. The zero-order chi connectivity index (χ0) is 19.7. The molecule has 2 aromatic heterocycles. The topological polar surface area (TPSA) is 93.0 Å². The zero-order valence-electron chi connectivity index (χ0n) is 15.6. The molecular weight excluding hydrogens is 358 g/mol. The minimum absolute atomic E-state index is 0.0958. The summed E-state index contributed by atoms with van der Waals surface area (Å²) in [6.45, 7) is 3.12. The summed E-state index contributed by atoms with van der Waals surface area (Å²) in [4.78, 5) is 40.0. The summed E-state index contributed by atoms with van der Waals surface area (Å²) >= 11 is 0. The van der Waals surface area contributed by atoms with E-state index in [9.17, 15) is 14.4 Å². The van der Waals surface area contributed by atoms with Crippen LogP contribution in [0.4, 0.5) is 0 Å². The molecule has 0 spiro atoms. The maximum Gasteiger partial charge on any atom is 0.328 e. The lowest BCUT2D eigenvalue weighted by Crippen LogP contribution is -2.42. The molecule has 8 heteroatoms. The fourth-order valence-electron chi connectivity index (χ4n) is 3.41. The Labute approximate surface area is 161 Å². The van der Waals surface area contributed by atoms with E-state index in [1.165, 1.54) is 16.3 Å². The number of benzene rings is 1. The number of amides is 1. The third-order valence-electron chi connectivity index (χ3n) is 4.92. The molecule has 1 aromatic carbocycles. The van der Waals surface area contributed by atoms with Gasteiger partial charge in [0.15, 0.2) is 0 Å². The van der Waals surface area contributed by atoms with Gasteiger partial charge in [0, 0.05) is 24.7 Å². The van der Waals surface area contributed by atoms with E-state index in [-0.39, 0.29) is 12.5 Å². The molecule has 0 atom stereocenters. The second kappa shape index (κ2) is 7.30. The summed E-state index contributed by atoms with van der Waals surface area (Å²) in [7, 11) is 0. The van der Waals surface area contributed by atoms with E-state index in [4.69, 9.17) is 0 Å². The minimum Gasteiger partial charge on any atom is -0.333 e. The first-order chi connectivity index (χ1) is 13.5. The molecule has 144 valence electrons. The molecule has 0 fully saturated rings. The van der Waals surface area contributed by atoms with E-state index in [0.29, 0.717) is 25.2 Å². The summed E-state index contributed by atoms with van der Waals surface area (Å²) in [6, 6.07) is 12.2. The highest BCUT2D eigenvalue weighted by Gasteiger charge is 2.23. The van der Waals surface area contributed by atoms with Crippen molar-refractivity contribution in [2.24, 2.45) is 0 Å². The standard InChI is InChI=1S/C20H21N5O3/c1-14-11-24(20(28)21-19(14)27)13-18(26)23-7-8-25-17(12-23)10-16(22-25)9-15-5-3-2-4-6-15/h2-6,10-11H,7-9,12-13H2,1H3,(H,21,27,28). The van der Waals surface area contributed by atoms with Crippen molar-refractivity contribution in [2.75, 3.05) is 6.54 Å². The molecule has 4 rings (SSSR count). The smallest absolute Gasteiger partial charge is 0.328 e. The Morgan fingerprint density at radius 3 is 2.75 bits per heavy atom. The molecule has 3 heterocycles. The fraction of sp³-hybridized carbons (Fsp3) is 0.300. The highest BCUT2D eigenvalue weighted by Crippen LogP contribution is 2.16. The third-order valence-corrected chi connectivity index (χ3v) is 4.92. The molecule has 1 amide bonds. The van der Waals surface area contributed by atoms with Gasteiger partial charge >= 0.3 is 5.69 Å². The van der Waals surface area contributed by atoms with Gasteiger partial charge in [-0.15, -0.1) is 0 Å². The van der Waals surface area contributed by atoms with Crippen LogP contribution >= 0.6 is 0 Å². The molecular formula is C20H21N5O3. The van der Waals surface area contributed by atoms with Crippen LogP contribution in [0.25, 0.3) is 0 Å². The Balaban J connectivity index is 1.46. The molecule has 0 aliphatic carbocycles. The first-order valence-corrected chi connectivity index (χ1v) is 9.17. The number of hydrogen-bond donors (Lipinski definition) is 1. The molecule has 28 heavy (non-hydrogen) atoms. The van der Waals surface area contributed by atoms with Crippen LogP contribution < -0.4 is 11.2 Å². The van der Waals surface area contributed by atoms with E-state index < -0.39 is 11.2 Å². The van der Waals surface area contributed by atoms with Gasteiger partial charge in [-0.1, -0.05) is 30.3 Å². The van der Waals surface area contributed by atoms with Crippen LogP contribution in [0, 0.1) is 6.92 Å². The van der Waals surface area contributed by atoms with Crippen molar-refractivity contribution < 1.29 is 4.79 Å². The number of carbonyl (C=O) groups is 1. The highest BCUT2D eigenvalue weighted by molar-refractivity contribution is 5.76. The minimum atomic E-state index is -0.573. The number of rotatable bonds is 4. The number of aromatic amines is 1. The third kappa shape index (κ3) is 3.66. The second-order valence-corrected chi connectivity index (χ2v) is 7.03. The summed E-state index contributed by atoms with van der Waals surface area (Å²) in [5.74, 6) is -0.161. The van der Waals surface area contributed by atoms with Gasteiger partial charge in [0.1, 0.15) is 6.54 Å². The lowest BCUT2D eigenvalue weighted by Gasteiger charge is -2.27. The molecule has 1 aliphatic rings. The van der Waals surface area contributed by atoms with Crippen molar-refractivity contribution in [3.05, 3.63) is 85.9 Å². The molecule has 3 aromatic rings. The van der Waals surface area contributed by atoms with E-state index in [1.54, 1.807) is 11.8 Å². The van der Waals surface area contributed by atoms with Crippen LogP contribution in [0.3, 0.4) is 0 Å². The summed E-state index contributed by atoms with van der Waals surface area (Å²) in [5, 5.41) is 4.64. The zero-order valence-corrected chi connectivity index (χ0v) is 15.6. The Morgan fingerprint density at radius 2 is 1.96 bits per heavy atom. The van der Waals surface area contributed by atoms with Crippen molar-refractivity contribution in [1.29, 1.82) is 0 Å². The Morgan fingerprint density at radius 1 is 1.18 bits per heavy atom. The molecule has 0 saturated heterocycles. The largest absolute Gasteiger partial charge is 0.333 e. The van der Waals surface area contributed by atoms with Crippen LogP contribution in [0.5, 0.6) is 0 Å². The Kier molecular flexibility index (Phi) is 4.68. The van der Waals surface area contributed by atoms with Crippen molar-refractivity contribution >= 4 is 5.91 Å². The van der Waals surface area contributed by atoms with Gasteiger partial charge in [-0.05, 0) is 18.6 Å². The first kappa shape index (κ1) is 18.0. The summed E-state index contributed by atoms with van der Waals surface area (Å²) in [5.41, 5.74) is 2.55. The SMILES string of the molecule is Cc1cn(CC(=O)N2CCn3nc(Cc4ccccc4)cc3C2)c(=O)[nH]c1=O. The maximum atomic E-state index is 12.7. The second-order valence-electron chi connectivity index (χ2n) is 7.03. The Hall–Kier alpha value is -3.42. The van der Waals surface area contributed by atoms with Crippen LogP contribution in [0.15, 0.2) is 52.2 Å².